The van der Waals surface area contributed by atoms with Crippen molar-refractivity contribution >= 4 is 17.5 Å². The molecule has 0 spiro atoms. The second-order valence-corrected chi connectivity index (χ2v) is 4.87. The van der Waals surface area contributed by atoms with E-state index >= 15 is 0 Å². The lowest BCUT2D eigenvalue weighted by Gasteiger charge is -2.15. The van der Waals surface area contributed by atoms with Gasteiger partial charge in [0.25, 0.3) is 5.69 Å². The fourth-order valence-electron chi connectivity index (χ4n) is 1.96. The fraction of sp³-hybridized carbons (Fsp3) is 0.133. The number of nitro benzene ring substituents is 1. The predicted octanol–water partition coefficient (Wildman–Crippen LogP) is 4.40. The minimum absolute atomic E-state index is 0.0112. The minimum atomic E-state index is -4.87. The van der Waals surface area contributed by atoms with Gasteiger partial charge >= 0.3 is 12.5 Å². The van der Waals surface area contributed by atoms with Gasteiger partial charge in [0.1, 0.15) is 22.9 Å². The van der Waals surface area contributed by atoms with E-state index in [-0.39, 0.29) is 17.2 Å². The monoisotopic (exact) mass is 372 g/mol. The summed E-state index contributed by atoms with van der Waals surface area (Å²) in [5, 5.41) is 20.0. The first-order chi connectivity index (χ1) is 12.1. The van der Waals surface area contributed by atoms with E-state index in [9.17, 15) is 28.1 Å². The van der Waals surface area contributed by atoms with Gasteiger partial charge in [0, 0.05) is 25.2 Å². The van der Waals surface area contributed by atoms with E-state index in [0.717, 1.165) is 31.3 Å². The molecule has 0 radical (unpaired) electrons. The number of alkyl halides is 3. The van der Waals surface area contributed by atoms with Crippen LogP contribution in [0.15, 0.2) is 42.5 Å². The quantitative estimate of drug-likeness (QED) is 0.616. The third-order valence-electron chi connectivity index (χ3n) is 3.07. The summed E-state index contributed by atoms with van der Waals surface area (Å²) >= 11 is 0. The first kappa shape index (κ1) is 18.8. The molecule has 0 aliphatic carbocycles. The van der Waals surface area contributed by atoms with Gasteiger partial charge in [-0.15, -0.1) is 13.2 Å². The second-order valence-electron chi connectivity index (χ2n) is 4.87. The molecule has 0 atom stereocenters. The molecule has 2 aromatic carbocycles. The molecule has 11 heteroatoms. The maximum Gasteiger partial charge on any atom is 0.573 e. The molecule has 8 nitrogen and oxygen atoms in total. The van der Waals surface area contributed by atoms with E-state index in [4.69, 9.17) is 9.84 Å². The van der Waals surface area contributed by atoms with Crippen LogP contribution in [0.4, 0.5) is 29.3 Å². The Labute approximate surface area is 144 Å². The van der Waals surface area contributed by atoms with Crippen LogP contribution in [0.3, 0.4) is 0 Å². The molecule has 26 heavy (non-hydrogen) atoms. The molecule has 0 saturated heterocycles. The zero-order chi connectivity index (χ0) is 19.5. The molecule has 2 aromatic rings. The fourth-order valence-corrected chi connectivity index (χ4v) is 1.96. The Morgan fingerprint density at radius 1 is 1.15 bits per heavy atom. The predicted molar refractivity (Wildman–Crippen MR) is 82.7 cm³/mol. The number of halogens is 3. The number of anilines is 1. The summed E-state index contributed by atoms with van der Waals surface area (Å²) < 4.78 is 45.9. The van der Waals surface area contributed by atoms with Crippen molar-refractivity contribution in [3.8, 4) is 17.2 Å². The molecular formula is C15H11F3N2O6. The highest BCUT2D eigenvalue weighted by Gasteiger charge is 2.31. The van der Waals surface area contributed by atoms with Gasteiger partial charge in [-0.25, -0.2) is 4.79 Å². The van der Waals surface area contributed by atoms with Gasteiger partial charge in [0.15, 0.2) is 0 Å². The van der Waals surface area contributed by atoms with Crippen molar-refractivity contribution in [2.75, 3.05) is 11.9 Å². The van der Waals surface area contributed by atoms with Crippen LogP contribution in [0.2, 0.25) is 0 Å². The molecule has 0 aliphatic rings. The number of ether oxygens (including phenoxy) is 2. The molecule has 0 aromatic heterocycles. The summed E-state index contributed by atoms with van der Waals surface area (Å²) in [7, 11) is 1.10. The smallest absolute Gasteiger partial charge is 0.465 e. The average molecular weight is 372 g/mol. The molecule has 0 aliphatic heterocycles. The highest BCUT2D eigenvalue weighted by atomic mass is 19.4. The van der Waals surface area contributed by atoms with Gasteiger partial charge in [-0.3, -0.25) is 15.0 Å². The van der Waals surface area contributed by atoms with Crippen LogP contribution in [-0.4, -0.2) is 29.5 Å². The van der Waals surface area contributed by atoms with Crippen LogP contribution >= 0.6 is 0 Å². The summed E-state index contributed by atoms with van der Waals surface area (Å²) in [6.07, 6.45) is -6.31. The molecule has 1 amide bonds. The number of benzene rings is 2. The summed E-state index contributed by atoms with van der Waals surface area (Å²) in [6, 6.07) is 7.94. The summed E-state index contributed by atoms with van der Waals surface area (Å²) in [6.45, 7) is 0. The lowest BCUT2D eigenvalue weighted by atomic mass is 10.2. The SMILES string of the molecule is CN(C(=O)O)c1cc(Oc2cccc(OC(F)(F)F)c2)ccc1[N+](=O)[O-]. The molecule has 0 bridgehead atoms. The van der Waals surface area contributed by atoms with Crippen LogP contribution in [0, 0.1) is 10.1 Å². The Morgan fingerprint density at radius 3 is 2.35 bits per heavy atom. The van der Waals surface area contributed by atoms with Gasteiger partial charge in [0.2, 0.25) is 0 Å². The third-order valence-corrected chi connectivity index (χ3v) is 3.07. The molecule has 0 unspecified atom stereocenters. The van der Waals surface area contributed by atoms with Gasteiger partial charge in [-0.2, -0.15) is 0 Å². The molecular weight excluding hydrogens is 361 g/mol. The standard InChI is InChI=1S/C15H11F3N2O6/c1-19(14(21)22)13-8-10(5-6-12(13)20(23)24)25-9-3-2-4-11(7-9)26-15(16,17)18/h2-8H,1H3,(H,21,22). The first-order valence-electron chi connectivity index (χ1n) is 6.85. The maximum atomic E-state index is 12.2. The molecule has 138 valence electrons. The van der Waals surface area contributed by atoms with Gasteiger partial charge in [-0.05, 0) is 18.2 Å². The van der Waals surface area contributed by atoms with Crippen molar-refractivity contribution in [3.63, 3.8) is 0 Å². The van der Waals surface area contributed by atoms with Gasteiger partial charge in [0.05, 0.1) is 4.92 Å². The number of amides is 1. The average Bonchev–Trinajstić information content (AvgIpc) is 2.52. The number of hydrogen-bond donors (Lipinski definition) is 1. The Kier molecular flexibility index (Phi) is 5.19. The summed E-state index contributed by atoms with van der Waals surface area (Å²) in [4.78, 5) is 21.9. The lowest BCUT2D eigenvalue weighted by molar-refractivity contribution is -0.384. The summed E-state index contributed by atoms with van der Waals surface area (Å²) in [5.74, 6) is -0.563. The van der Waals surface area contributed by atoms with Crippen molar-refractivity contribution in [2.45, 2.75) is 6.36 Å². The van der Waals surface area contributed by atoms with Crippen molar-refractivity contribution in [1.29, 1.82) is 0 Å². The third kappa shape index (κ3) is 4.75. The first-order valence-corrected chi connectivity index (χ1v) is 6.85. The topological polar surface area (TPSA) is 102 Å². The second kappa shape index (κ2) is 7.17. The molecule has 0 fully saturated rings. The summed E-state index contributed by atoms with van der Waals surface area (Å²) in [5.41, 5.74) is -0.737. The lowest BCUT2D eigenvalue weighted by Crippen LogP contribution is -2.24. The molecule has 0 saturated carbocycles. The van der Waals surface area contributed by atoms with E-state index in [1.165, 1.54) is 18.2 Å². The maximum absolute atomic E-state index is 12.2. The van der Waals surface area contributed by atoms with E-state index in [1.807, 2.05) is 0 Å². The zero-order valence-corrected chi connectivity index (χ0v) is 13.1. The number of nitro groups is 1. The van der Waals surface area contributed by atoms with Crippen LogP contribution in [0.5, 0.6) is 17.2 Å². The van der Waals surface area contributed by atoms with E-state index in [0.29, 0.717) is 4.90 Å². The van der Waals surface area contributed by atoms with Crippen molar-refractivity contribution in [2.24, 2.45) is 0 Å². The Balaban J connectivity index is 2.33. The number of rotatable bonds is 5. The minimum Gasteiger partial charge on any atom is -0.465 e. The van der Waals surface area contributed by atoms with Crippen LogP contribution in [-0.2, 0) is 0 Å². The van der Waals surface area contributed by atoms with Gasteiger partial charge in [-0.1, -0.05) is 6.07 Å². The number of nitrogens with zero attached hydrogens (tertiary/aromatic N) is 2. The number of carbonyl (C=O) groups is 1. The van der Waals surface area contributed by atoms with E-state index in [1.54, 1.807) is 0 Å². The molecule has 1 N–H and O–H groups in total. The highest BCUT2D eigenvalue weighted by molar-refractivity contribution is 5.89. The van der Waals surface area contributed by atoms with Crippen LogP contribution in [0.1, 0.15) is 0 Å². The Morgan fingerprint density at radius 2 is 1.77 bits per heavy atom. The number of hydrogen-bond acceptors (Lipinski definition) is 5. The highest BCUT2D eigenvalue weighted by Crippen LogP contribution is 2.34. The largest absolute Gasteiger partial charge is 0.573 e. The zero-order valence-electron chi connectivity index (χ0n) is 13.1. The Bertz CT molecular complexity index is 840. The number of carboxylic acid groups (broad SMARTS) is 1. The molecule has 2 rings (SSSR count). The van der Waals surface area contributed by atoms with E-state index in [2.05, 4.69) is 4.74 Å². The molecule has 0 heterocycles. The van der Waals surface area contributed by atoms with Gasteiger partial charge < -0.3 is 14.6 Å². The van der Waals surface area contributed by atoms with Crippen molar-refractivity contribution in [1.82, 2.24) is 0 Å². The Hall–Kier alpha value is -3.50. The van der Waals surface area contributed by atoms with Crippen molar-refractivity contribution in [3.05, 3.63) is 52.6 Å². The normalized spacial score (nSPS) is 10.9. The van der Waals surface area contributed by atoms with Crippen LogP contribution in [0.25, 0.3) is 0 Å². The van der Waals surface area contributed by atoms with Crippen molar-refractivity contribution < 1.29 is 37.5 Å². The van der Waals surface area contributed by atoms with Crippen LogP contribution < -0.4 is 14.4 Å². The van der Waals surface area contributed by atoms with E-state index < -0.39 is 28.8 Å².